The van der Waals surface area contributed by atoms with Crippen LogP contribution in [-0.2, 0) is 11.2 Å². The van der Waals surface area contributed by atoms with Crippen LogP contribution in [0.1, 0.15) is 44.2 Å². The largest absolute Gasteiger partial charge is 0.365 e. The van der Waals surface area contributed by atoms with Crippen LogP contribution in [0.15, 0.2) is 5.38 Å². The lowest BCUT2D eigenvalue weighted by molar-refractivity contribution is -0.146. The Morgan fingerprint density at radius 3 is 2.45 bits per heavy atom. The summed E-state index contributed by atoms with van der Waals surface area (Å²) in [4.78, 5) is 17.3. The second-order valence-electron chi connectivity index (χ2n) is 7.60. The number of hydrogen-bond acceptors (Lipinski definition) is 4. The van der Waals surface area contributed by atoms with Gasteiger partial charge in [-0.15, -0.1) is 11.3 Å². The second kappa shape index (κ2) is 5.52. The first-order valence-electron chi connectivity index (χ1n) is 8.57. The van der Waals surface area contributed by atoms with Gasteiger partial charge in [0.25, 0.3) is 0 Å². The van der Waals surface area contributed by atoms with Gasteiger partial charge in [-0.05, 0) is 56.3 Å². The number of hydrogen-bond donors (Lipinski definition) is 2. The zero-order chi connectivity index (χ0) is 15.2. The Morgan fingerprint density at radius 1 is 1.27 bits per heavy atom. The predicted molar refractivity (Wildman–Crippen MR) is 89.0 cm³/mol. The number of anilines is 1. The van der Waals surface area contributed by atoms with Gasteiger partial charge in [-0.1, -0.05) is 0 Å². The Labute approximate surface area is 136 Å². The maximum Gasteiger partial charge on any atom is 0.226 e. The van der Waals surface area contributed by atoms with Crippen molar-refractivity contribution in [2.45, 2.75) is 44.9 Å². The maximum atomic E-state index is 12.8. The van der Waals surface area contributed by atoms with Gasteiger partial charge in [0, 0.05) is 30.8 Å². The molecule has 2 N–H and O–H groups in total. The molecule has 1 aromatic heterocycles. The Bertz CT molecular complexity index is 533. The summed E-state index contributed by atoms with van der Waals surface area (Å²) in [5, 5.41) is 9.30. The molecule has 0 radical (unpaired) electrons. The smallest absolute Gasteiger partial charge is 0.226 e. The van der Waals surface area contributed by atoms with Crippen LogP contribution in [0.4, 0.5) is 5.13 Å². The van der Waals surface area contributed by atoms with Crippen molar-refractivity contribution >= 4 is 22.4 Å². The van der Waals surface area contributed by atoms with Crippen molar-refractivity contribution in [3.05, 3.63) is 11.1 Å². The number of carbonyl (C=O) groups excluding carboxylic acids is 1. The predicted octanol–water partition coefficient (Wildman–Crippen LogP) is 3.06. The molecule has 1 aromatic rings. The fourth-order valence-electron chi connectivity index (χ4n) is 5.42. The zero-order valence-corrected chi connectivity index (χ0v) is 14.0. The third-order valence-corrected chi connectivity index (χ3v) is 6.86. The van der Waals surface area contributed by atoms with Crippen LogP contribution in [0, 0.1) is 23.2 Å². The summed E-state index contributed by atoms with van der Waals surface area (Å²) in [7, 11) is 1.89. The number of nitrogens with zero attached hydrogens (tertiary/aromatic N) is 1. The van der Waals surface area contributed by atoms with Crippen molar-refractivity contribution in [2.24, 2.45) is 23.2 Å². The molecule has 5 rings (SSSR count). The Kier molecular flexibility index (Phi) is 3.63. The molecular formula is C17H25N3OS. The molecule has 0 saturated heterocycles. The first-order chi connectivity index (χ1) is 10.7. The lowest BCUT2D eigenvalue weighted by Crippen LogP contribution is -2.53. The van der Waals surface area contributed by atoms with Gasteiger partial charge in [0.1, 0.15) is 0 Å². The summed E-state index contributed by atoms with van der Waals surface area (Å²) in [6, 6.07) is 0. The van der Waals surface area contributed by atoms with Gasteiger partial charge < -0.3 is 10.6 Å². The van der Waals surface area contributed by atoms with Gasteiger partial charge in [-0.2, -0.15) is 0 Å². The van der Waals surface area contributed by atoms with Crippen molar-refractivity contribution in [1.29, 1.82) is 0 Å². The van der Waals surface area contributed by atoms with E-state index in [4.69, 9.17) is 0 Å². The zero-order valence-electron chi connectivity index (χ0n) is 13.2. The number of amides is 1. The minimum absolute atomic E-state index is 0.0209. The summed E-state index contributed by atoms with van der Waals surface area (Å²) >= 11 is 1.62. The molecule has 0 aliphatic heterocycles. The maximum absolute atomic E-state index is 12.8. The van der Waals surface area contributed by atoms with Crippen LogP contribution in [0.5, 0.6) is 0 Å². The van der Waals surface area contributed by atoms with Crippen molar-refractivity contribution in [3.8, 4) is 0 Å². The normalized spacial score (nSPS) is 35.6. The first kappa shape index (κ1) is 14.5. The topological polar surface area (TPSA) is 54.0 Å². The van der Waals surface area contributed by atoms with E-state index in [1.807, 2.05) is 7.05 Å². The van der Waals surface area contributed by atoms with E-state index in [2.05, 4.69) is 21.0 Å². The van der Waals surface area contributed by atoms with Gasteiger partial charge in [-0.3, -0.25) is 4.79 Å². The SMILES string of the molecule is CNc1nc(CCNC(=O)C23CC4CC(CC(C4)C2)C3)cs1. The lowest BCUT2D eigenvalue weighted by Gasteiger charge is -2.55. The number of thiazole rings is 1. The third kappa shape index (κ3) is 2.53. The van der Waals surface area contributed by atoms with E-state index in [9.17, 15) is 4.79 Å². The molecule has 22 heavy (non-hydrogen) atoms. The molecule has 5 heteroatoms. The summed E-state index contributed by atoms with van der Waals surface area (Å²) in [5.74, 6) is 2.81. The fourth-order valence-corrected chi connectivity index (χ4v) is 6.12. The number of rotatable bonds is 5. The monoisotopic (exact) mass is 319 g/mol. The molecule has 0 atom stereocenters. The van der Waals surface area contributed by atoms with Crippen LogP contribution in [-0.4, -0.2) is 24.5 Å². The highest BCUT2D eigenvalue weighted by atomic mass is 32.1. The molecule has 0 unspecified atom stereocenters. The first-order valence-corrected chi connectivity index (χ1v) is 9.45. The molecule has 4 fully saturated rings. The van der Waals surface area contributed by atoms with Gasteiger partial charge in [0.2, 0.25) is 5.91 Å². The average molecular weight is 319 g/mol. The molecule has 1 amide bonds. The van der Waals surface area contributed by atoms with E-state index in [1.54, 1.807) is 11.3 Å². The van der Waals surface area contributed by atoms with Gasteiger partial charge in [-0.25, -0.2) is 4.98 Å². The van der Waals surface area contributed by atoms with Crippen molar-refractivity contribution in [2.75, 3.05) is 18.9 Å². The fraction of sp³-hybridized carbons (Fsp3) is 0.765. The minimum Gasteiger partial charge on any atom is -0.365 e. The van der Waals surface area contributed by atoms with Crippen LogP contribution in [0.3, 0.4) is 0 Å². The molecule has 120 valence electrons. The number of aromatic nitrogens is 1. The van der Waals surface area contributed by atoms with Crippen LogP contribution >= 0.6 is 11.3 Å². The molecule has 4 saturated carbocycles. The highest BCUT2D eigenvalue weighted by molar-refractivity contribution is 7.13. The van der Waals surface area contributed by atoms with Crippen molar-refractivity contribution in [3.63, 3.8) is 0 Å². The molecule has 4 aliphatic rings. The molecule has 4 aliphatic carbocycles. The Morgan fingerprint density at radius 2 is 1.91 bits per heavy atom. The van der Waals surface area contributed by atoms with E-state index >= 15 is 0 Å². The molecule has 0 spiro atoms. The highest BCUT2D eigenvalue weighted by Crippen LogP contribution is 2.60. The van der Waals surface area contributed by atoms with Crippen molar-refractivity contribution in [1.82, 2.24) is 10.3 Å². The molecule has 0 aromatic carbocycles. The van der Waals surface area contributed by atoms with E-state index in [1.165, 1.54) is 19.3 Å². The van der Waals surface area contributed by atoms with Crippen LogP contribution in [0.2, 0.25) is 0 Å². The van der Waals surface area contributed by atoms with Gasteiger partial charge >= 0.3 is 0 Å². The molecule has 4 nitrogen and oxygen atoms in total. The van der Waals surface area contributed by atoms with Crippen LogP contribution < -0.4 is 10.6 Å². The quantitative estimate of drug-likeness (QED) is 0.877. The van der Waals surface area contributed by atoms with E-state index in [-0.39, 0.29) is 5.41 Å². The third-order valence-electron chi connectivity index (χ3n) is 5.95. The summed E-state index contributed by atoms with van der Waals surface area (Å²) in [6.07, 6.45) is 8.42. The minimum atomic E-state index is -0.0209. The van der Waals surface area contributed by atoms with Gasteiger partial charge in [0.15, 0.2) is 5.13 Å². The number of nitrogens with one attached hydrogen (secondary N) is 2. The van der Waals surface area contributed by atoms with E-state index in [0.717, 1.165) is 54.3 Å². The van der Waals surface area contributed by atoms with Crippen molar-refractivity contribution < 1.29 is 4.79 Å². The molecular weight excluding hydrogens is 294 g/mol. The Hall–Kier alpha value is -1.10. The van der Waals surface area contributed by atoms with E-state index < -0.39 is 0 Å². The summed E-state index contributed by atoms with van der Waals surface area (Å²) in [5.41, 5.74) is 1.05. The average Bonchev–Trinajstić information content (AvgIpc) is 2.93. The second-order valence-corrected chi connectivity index (χ2v) is 8.46. The lowest BCUT2D eigenvalue weighted by atomic mass is 9.49. The standard InChI is InChI=1S/C17H25N3OS/c1-18-16-20-14(10-22-16)2-3-19-15(21)17-7-11-4-12(8-17)6-13(5-11)9-17/h10-13H,2-9H2,1H3,(H,18,20)(H,19,21). The van der Waals surface area contributed by atoms with Gasteiger partial charge in [0.05, 0.1) is 5.69 Å². The molecule has 4 bridgehead atoms. The highest BCUT2D eigenvalue weighted by Gasteiger charge is 2.54. The van der Waals surface area contributed by atoms with Crippen LogP contribution in [0.25, 0.3) is 0 Å². The summed E-state index contributed by atoms with van der Waals surface area (Å²) in [6.45, 7) is 0.716. The molecule has 1 heterocycles. The number of carbonyl (C=O) groups is 1. The van der Waals surface area contributed by atoms with E-state index in [0.29, 0.717) is 12.5 Å². The summed E-state index contributed by atoms with van der Waals surface area (Å²) < 4.78 is 0. The Balaban J connectivity index is 1.34.